The van der Waals surface area contributed by atoms with E-state index < -0.39 is 11.9 Å². The molecule has 3 rings (SSSR count). The van der Waals surface area contributed by atoms with Gasteiger partial charge in [-0.2, -0.15) is 0 Å². The van der Waals surface area contributed by atoms with Crippen LogP contribution in [0.4, 0.5) is 0 Å². The number of aromatic nitrogens is 1. The maximum atomic E-state index is 12.8. The van der Waals surface area contributed by atoms with E-state index in [0.717, 1.165) is 11.1 Å². The van der Waals surface area contributed by atoms with Gasteiger partial charge in [-0.15, -0.1) is 0 Å². The number of hydrogen-bond donors (Lipinski definition) is 0. The number of ether oxygens (including phenoxy) is 3. The Balaban J connectivity index is 2.34. The van der Waals surface area contributed by atoms with E-state index in [0.29, 0.717) is 28.0 Å². The van der Waals surface area contributed by atoms with Gasteiger partial charge < -0.3 is 18.8 Å². The van der Waals surface area contributed by atoms with Crippen molar-refractivity contribution in [1.82, 2.24) is 4.57 Å². The van der Waals surface area contributed by atoms with Gasteiger partial charge in [-0.25, -0.2) is 9.59 Å². The fraction of sp³-hybridized carbons (Fsp3) is 0.238. The van der Waals surface area contributed by atoms with Gasteiger partial charge in [-0.1, -0.05) is 12.1 Å². The lowest BCUT2D eigenvalue weighted by molar-refractivity contribution is 0.0527. The lowest BCUT2D eigenvalue weighted by atomic mass is 10.0. The van der Waals surface area contributed by atoms with Crippen molar-refractivity contribution in [1.29, 1.82) is 0 Å². The lowest BCUT2D eigenvalue weighted by Crippen LogP contribution is -2.07. The number of esters is 2. The van der Waals surface area contributed by atoms with Gasteiger partial charge in [0, 0.05) is 23.5 Å². The average molecular weight is 367 g/mol. The number of carbonyl (C=O) groups excluding carboxylic acids is 2. The van der Waals surface area contributed by atoms with Crippen LogP contribution in [0.1, 0.15) is 27.6 Å². The molecule has 0 unspecified atom stereocenters. The average Bonchev–Trinajstić information content (AvgIpc) is 2.99. The van der Waals surface area contributed by atoms with Crippen LogP contribution in [0.5, 0.6) is 5.75 Å². The first-order chi connectivity index (χ1) is 13.0. The predicted molar refractivity (Wildman–Crippen MR) is 102 cm³/mol. The van der Waals surface area contributed by atoms with Crippen LogP contribution in [-0.4, -0.2) is 37.3 Å². The molecule has 0 aliphatic rings. The van der Waals surface area contributed by atoms with Gasteiger partial charge in [0.05, 0.1) is 37.6 Å². The molecule has 0 bridgehead atoms. The Kier molecular flexibility index (Phi) is 5.16. The second-order valence-electron chi connectivity index (χ2n) is 5.96. The molecule has 27 heavy (non-hydrogen) atoms. The van der Waals surface area contributed by atoms with Gasteiger partial charge in [0.1, 0.15) is 5.75 Å². The minimum atomic E-state index is -0.460. The molecule has 1 aromatic heterocycles. The Morgan fingerprint density at radius 3 is 2.48 bits per heavy atom. The van der Waals surface area contributed by atoms with Crippen molar-refractivity contribution in [3.63, 3.8) is 0 Å². The van der Waals surface area contributed by atoms with E-state index in [-0.39, 0.29) is 6.61 Å². The molecule has 6 heteroatoms. The fourth-order valence-electron chi connectivity index (χ4n) is 3.21. The summed E-state index contributed by atoms with van der Waals surface area (Å²) < 4.78 is 17.3. The first-order valence-electron chi connectivity index (χ1n) is 8.54. The summed E-state index contributed by atoms with van der Waals surface area (Å²) in [5, 5.41) is 0.636. The zero-order chi connectivity index (χ0) is 19.6. The minimum Gasteiger partial charge on any atom is -0.497 e. The third kappa shape index (κ3) is 3.26. The van der Waals surface area contributed by atoms with E-state index in [9.17, 15) is 9.59 Å². The Morgan fingerprint density at radius 1 is 1.04 bits per heavy atom. The number of fused-ring (bicyclic) bond motifs is 1. The molecule has 140 valence electrons. The van der Waals surface area contributed by atoms with Gasteiger partial charge in [-0.3, -0.25) is 0 Å². The molecular formula is C21H21NO5. The number of methoxy groups -OCH3 is 2. The number of rotatable bonds is 5. The highest BCUT2D eigenvalue weighted by molar-refractivity contribution is 6.12. The highest BCUT2D eigenvalue weighted by Gasteiger charge is 2.24. The summed E-state index contributed by atoms with van der Waals surface area (Å²) in [6, 6.07) is 12.6. The molecule has 0 saturated carbocycles. The van der Waals surface area contributed by atoms with Gasteiger partial charge in [0.15, 0.2) is 0 Å². The molecule has 6 nitrogen and oxygen atoms in total. The number of carbonyl (C=O) groups is 2. The largest absolute Gasteiger partial charge is 0.497 e. The first kappa shape index (κ1) is 18.5. The molecule has 0 spiro atoms. The predicted octanol–water partition coefficient (Wildman–Crippen LogP) is 3.82. The number of nitrogens with zero attached hydrogens (tertiary/aromatic N) is 1. The van der Waals surface area contributed by atoms with Crippen LogP contribution in [0.25, 0.3) is 22.2 Å². The molecule has 1 heterocycles. The van der Waals surface area contributed by atoms with Crippen molar-refractivity contribution in [3.8, 4) is 17.0 Å². The molecule has 0 saturated heterocycles. The Bertz CT molecular complexity index is 1020. The maximum absolute atomic E-state index is 12.8. The van der Waals surface area contributed by atoms with Crippen LogP contribution >= 0.6 is 0 Å². The highest BCUT2D eigenvalue weighted by Crippen LogP contribution is 2.35. The van der Waals surface area contributed by atoms with Crippen LogP contribution in [0.2, 0.25) is 0 Å². The summed E-state index contributed by atoms with van der Waals surface area (Å²) in [4.78, 5) is 24.7. The number of hydrogen-bond acceptors (Lipinski definition) is 5. The minimum absolute atomic E-state index is 0.253. The third-order valence-corrected chi connectivity index (χ3v) is 4.44. The molecular weight excluding hydrogens is 346 g/mol. The topological polar surface area (TPSA) is 66.8 Å². The van der Waals surface area contributed by atoms with Crippen LogP contribution in [0.3, 0.4) is 0 Å². The van der Waals surface area contributed by atoms with Gasteiger partial charge in [0.2, 0.25) is 0 Å². The van der Waals surface area contributed by atoms with E-state index in [2.05, 4.69) is 0 Å². The lowest BCUT2D eigenvalue weighted by Gasteiger charge is -2.09. The summed E-state index contributed by atoms with van der Waals surface area (Å²) in [7, 11) is 4.79. The quantitative estimate of drug-likeness (QED) is 0.642. The molecule has 0 aliphatic carbocycles. The smallest absolute Gasteiger partial charge is 0.340 e. The van der Waals surface area contributed by atoms with Crippen LogP contribution in [0.15, 0.2) is 42.5 Å². The number of aryl methyl sites for hydroxylation is 1. The Morgan fingerprint density at radius 2 is 1.81 bits per heavy atom. The molecule has 3 aromatic rings. The third-order valence-electron chi connectivity index (χ3n) is 4.44. The zero-order valence-corrected chi connectivity index (χ0v) is 15.7. The van der Waals surface area contributed by atoms with Crippen molar-refractivity contribution < 1.29 is 23.8 Å². The SMILES string of the molecule is CCOC(=O)c1c(-c2cccc(OC)c2)n(C)c2ccc(C(=O)OC)cc12. The zero-order valence-electron chi connectivity index (χ0n) is 15.7. The molecule has 0 fully saturated rings. The summed E-state index contributed by atoms with van der Waals surface area (Å²) >= 11 is 0. The van der Waals surface area contributed by atoms with Gasteiger partial charge in [0.25, 0.3) is 0 Å². The van der Waals surface area contributed by atoms with Crippen molar-refractivity contribution in [2.75, 3.05) is 20.8 Å². The highest BCUT2D eigenvalue weighted by atomic mass is 16.5. The maximum Gasteiger partial charge on any atom is 0.340 e. The second kappa shape index (κ2) is 7.53. The standard InChI is InChI=1S/C21H21NO5/c1-5-27-21(24)18-16-12-14(20(23)26-4)9-10-17(16)22(2)19(18)13-7-6-8-15(11-13)25-3/h6-12H,5H2,1-4H3. The van der Waals surface area contributed by atoms with E-state index >= 15 is 0 Å². The second-order valence-corrected chi connectivity index (χ2v) is 5.96. The van der Waals surface area contributed by atoms with Crippen LogP contribution in [-0.2, 0) is 16.5 Å². The molecule has 0 amide bonds. The van der Waals surface area contributed by atoms with Gasteiger partial charge in [-0.05, 0) is 37.3 Å². The summed E-state index contributed by atoms with van der Waals surface area (Å²) in [6.07, 6.45) is 0. The van der Waals surface area contributed by atoms with Crippen molar-refractivity contribution >= 4 is 22.8 Å². The first-order valence-corrected chi connectivity index (χ1v) is 8.54. The Hall–Kier alpha value is -3.28. The van der Waals surface area contributed by atoms with Crippen LogP contribution in [0, 0.1) is 0 Å². The van der Waals surface area contributed by atoms with Crippen molar-refractivity contribution in [3.05, 3.63) is 53.6 Å². The van der Waals surface area contributed by atoms with Crippen LogP contribution < -0.4 is 4.74 Å². The van der Waals surface area contributed by atoms with E-state index in [1.165, 1.54) is 7.11 Å². The summed E-state index contributed by atoms with van der Waals surface area (Å²) in [5.41, 5.74) is 3.11. The van der Waals surface area contributed by atoms with E-state index in [4.69, 9.17) is 14.2 Å². The Labute approximate surface area is 157 Å². The molecule has 0 radical (unpaired) electrons. The molecule has 2 aromatic carbocycles. The summed E-state index contributed by atoms with van der Waals surface area (Å²) in [5.74, 6) is -0.218. The molecule has 0 atom stereocenters. The van der Waals surface area contributed by atoms with E-state index in [1.807, 2.05) is 35.9 Å². The molecule has 0 N–H and O–H groups in total. The van der Waals surface area contributed by atoms with Crippen molar-refractivity contribution in [2.24, 2.45) is 7.05 Å². The van der Waals surface area contributed by atoms with Crippen molar-refractivity contribution in [2.45, 2.75) is 6.92 Å². The van der Waals surface area contributed by atoms with E-state index in [1.54, 1.807) is 32.2 Å². The molecule has 0 aliphatic heterocycles. The monoisotopic (exact) mass is 367 g/mol. The van der Waals surface area contributed by atoms with Gasteiger partial charge >= 0.3 is 11.9 Å². The summed E-state index contributed by atoms with van der Waals surface area (Å²) in [6.45, 7) is 2.01. The fourth-order valence-corrected chi connectivity index (χ4v) is 3.21. The normalized spacial score (nSPS) is 10.7. The number of benzene rings is 2.